The van der Waals surface area contributed by atoms with Crippen molar-refractivity contribution in [3.05, 3.63) is 16.6 Å². The zero-order valence-corrected chi connectivity index (χ0v) is 16.6. The Morgan fingerprint density at radius 2 is 2.07 bits per heavy atom. The predicted octanol–water partition coefficient (Wildman–Crippen LogP) is 1.87. The monoisotopic (exact) mass is 392 g/mol. The summed E-state index contributed by atoms with van der Waals surface area (Å²) in [6.45, 7) is 4.15. The molecule has 1 aliphatic rings. The van der Waals surface area contributed by atoms with Gasteiger partial charge in [0.2, 0.25) is 5.91 Å². The number of aliphatic carboxylic acids is 1. The number of carboxylic acid groups (broad SMARTS) is 1. The molecule has 27 heavy (non-hydrogen) atoms. The van der Waals surface area contributed by atoms with Gasteiger partial charge in [-0.15, -0.1) is 11.3 Å². The number of hydrogen-bond acceptors (Lipinski definition) is 5. The SMILES string of the molecule is CC(=O)N(CC(=O)O)C1CCCN(C(=O)c2cc3c(C)nn(C)c3s2)CC1. The molecule has 1 unspecified atom stereocenters. The number of fused-ring (bicyclic) bond motifs is 1. The van der Waals surface area contributed by atoms with E-state index in [1.54, 1.807) is 4.68 Å². The molecule has 1 saturated heterocycles. The second-order valence-corrected chi connectivity index (χ2v) is 7.99. The van der Waals surface area contributed by atoms with Crippen LogP contribution in [0.25, 0.3) is 10.2 Å². The summed E-state index contributed by atoms with van der Waals surface area (Å²) in [5.74, 6) is -1.27. The highest BCUT2D eigenvalue weighted by atomic mass is 32.1. The van der Waals surface area contributed by atoms with E-state index >= 15 is 0 Å². The maximum absolute atomic E-state index is 13.0. The Morgan fingerprint density at radius 1 is 1.33 bits per heavy atom. The third-order valence-corrected chi connectivity index (χ3v) is 6.23. The van der Waals surface area contributed by atoms with Crippen molar-refractivity contribution in [2.24, 2.45) is 7.05 Å². The number of thiophene rings is 1. The first kappa shape index (κ1) is 19.3. The first-order chi connectivity index (χ1) is 12.8. The number of likely N-dealkylation sites (tertiary alicyclic amines) is 1. The van der Waals surface area contributed by atoms with Crippen LogP contribution in [0.4, 0.5) is 0 Å². The van der Waals surface area contributed by atoms with Crippen molar-refractivity contribution < 1.29 is 19.5 Å². The maximum atomic E-state index is 13.0. The van der Waals surface area contributed by atoms with Crippen molar-refractivity contribution >= 4 is 39.3 Å². The average molecular weight is 392 g/mol. The van der Waals surface area contributed by atoms with E-state index in [2.05, 4.69) is 5.10 Å². The summed E-state index contributed by atoms with van der Waals surface area (Å²) in [4.78, 5) is 40.7. The second kappa shape index (κ2) is 7.67. The minimum Gasteiger partial charge on any atom is -0.480 e. The number of carbonyl (C=O) groups excluding carboxylic acids is 2. The summed E-state index contributed by atoms with van der Waals surface area (Å²) in [5.41, 5.74) is 0.907. The topological polar surface area (TPSA) is 95.7 Å². The zero-order chi connectivity index (χ0) is 19.7. The maximum Gasteiger partial charge on any atom is 0.323 e. The van der Waals surface area contributed by atoms with Crippen LogP contribution < -0.4 is 0 Å². The van der Waals surface area contributed by atoms with Gasteiger partial charge in [-0.1, -0.05) is 0 Å². The van der Waals surface area contributed by atoms with Gasteiger partial charge in [0.25, 0.3) is 5.91 Å². The van der Waals surface area contributed by atoms with Gasteiger partial charge in [-0.05, 0) is 32.3 Å². The Bertz CT molecular complexity index is 853. The van der Waals surface area contributed by atoms with Crippen LogP contribution >= 0.6 is 11.3 Å². The molecular weight excluding hydrogens is 368 g/mol. The highest BCUT2D eigenvalue weighted by molar-refractivity contribution is 7.20. The Kier molecular flexibility index (Phi) is 5.50. The number of amides is 2. The summed E-state index contributed by atoms with van der Waals surface area (Å²) in [5, 5.41) is 14.4. The van der Waals surface area contributed by atoms with Crippen molar-refractivity contribution in [3.63, 3.8) is 0 Å². The van der Waals surface area contributed by atoms with Gasteiger partial charge in [0.15, 0.2) is 0 Å². The van der Waals surface area contributed by atoms with Crippen LogP contribution in [0, 0.1) is 6.92 Å². The van der Waals surface area contributed by atoms with E-state index in [-0.39, 0.29) is 24.4 Å². The van der Waals surface area contributed by atoms with Crippen molar-refractivity contribution in [2.45, 2.75) is 39.2 Å². The standard InChI is InChI=1S/C18H24N4O4S/c1-11-14-9-15(27-18(14)20(3)19-11)17(26)21-7-4-5-13(6-8-21)22(12(2)23)10-16(24)25/h9,13H,4-8,10H2,1-3H3,(H,24,25). The molecule has 146 valence electrons. The molecule has 8 nitrogen and oxygen atoms in total. The summed E-state index contributed by atoms with van der Waals surface area (Å²) in [7, 11) is 1.87. The fraction of sp³-hybridized carbons (Fsp3) is 0.556. The fourth-order valence-corrected chi connectivity index (χ4v) is 4.79. The molecule has 2 amide bonds. The summed E-state index contributed by atoms with van der Waals surface area (Å²) < 4.78 is 1.79. The van der Waals surface area contributed by atoms with Crippen LogP contribution in [0.5, 0.6) is 0 Å². The van der Waals surface area contributed by atoms with Gasteiger partial charge in [0.05, 0.1) is 10.6 Å². The largest absolute Gasteiger partial charge is 0.480 e. The molecular formula is C18H24N4O4S. The first-order valence-electron chi connectivity index (χ1n) is 8.99. The van der Waals surface area contributed by atoms with Crippen LogP contribution in [0.1, 0.15) is 41.6 Å². The zero-order valence-electron chi connectivity index (χ0n) is 15.8. The molecule has 1 N–H and O–H groups in total. The van der Waals surface area contributed by atoms with Gasteiger partial charge >= 0.3 is 5.97 Å². The lowest BCUT2D eigenvalue weighted by atomic mass is 10.1. The van der Waals surface area contributed by atoms with Crippen LogP contribution in [0.15, 0.2) is 6.07 Å². The number of hydrogen-bond donors (Lipinski definition) is 1. The van der Waals surface area contributed by atoms with Gasteiger partial charge < -0.3 is 14.9 Å². The molecule has 0 aliphatic carbocycles. The molecule has 3 rings (SSSR count). The lowest BCUT2D eigenvalue weighted by molar-refractivity contribution is -0.145. The molecule has 0 saturated carbocycles. The minimum absolute atomic E-state index is 0.0103. The van der Waals surface area contributed by atoms with E-state index in [9.17, 15) is 14.4 Å². The molecule has 1 aliphatic heterocycles. The molecule has 2 aromatic rings. The third kappa shape index (κ3) is 3.97. The van der Waals surface area contributed by atoms with Crippen LogP contribution in [0.2, 0.25) is 0 Å². The van der Waals surface area contributed by atoms with E-state index in [0.717, 1.165) is 22.3 Å². The van der Waals surface area contributed by atoms with E-state index in [1.807, 2.05) is 24.9 Å². The van der Waals surface area contributed by atoms with Gasteiger partial charge in [0, 0.05) is 38.5 Å². The average Bonchev–Trinajstić information content (AvgIpc) is 3.04. The minimum atomic E-state index is -1.02. The Hall–Kier alpha value is -2.42. The number of nitrogens with zero attached hydrogens (tertiary/aromatic N) is 4. The van der Waals surface area contributed by atoms with E-state index in [4.69, 9.17) is 5.11 Å². The lowest BCUT2D eigenvalue weighted by Crippen LogP contribution is -2.43. The van der Waals surface area contributed by atoms with Gasteiger partial charge in [-0.3, -0.25) is 19.1 Å². The van der Waals surface area contributed by atoms with Crippen molar-refractivity contribution in [3.8, 4) is 0 Å². The molecule has 0 spiro atoms. The second-order valence-electron chi connectivity index (χ2n) is 6.96. The summed E-state index contributed by atoms with van der Waals surface area (Å²) >= 11 is 1.44. The number of rotatable bonds is 4. The molecule has 9 heteroatoms. The van der Waals surface area contributed by atoms with Gasteiger partial charge in [-0.25, -0.2) is 0 Å². The normalized spacial score (nSPS) is 17.7. The van der Waals surface area contributed by atoms with Crippen molar-refractivity contribution in [2.75, 3.05) is 19.6 Å². The van der Waals surface area contributed by atoms with Crippen LogP contribution in [-0.4, -0.2) is 68.1 Å². The molecule has 2 aromatic heterocycles. The molecule has 1 fully saturated rings. The Balaban J connectivity index is 1.72. The molecule has 0 radical (unpaired) electrons. The quantitative estimate of drug-likeness (QED) is 0.857. The van der Waals surface area contributed by atoms with Crippen molar-refractivity contribution in [1.82, 2.24) is 19.6 Å². The number of carboxylic acids is 1. The van der Waals surface area contributed by atoms with Crippen LogP contribution in [-0.2, 0) is 16.6 Å². The molecule has 0 bridgehead atoms. The highest BCUT2D eigenvalue weighted by Gasteiger charge is 2.28. The summed E-state index contributed by atoms with van der Waals surface area (Å²) in [6, 6.07) is 1.75. The fourth-order valence-electron chi connectivity index (χ4n) is 3.70. The van der Waals surface area contributed by atoms with E-state index in [0.29, 0.717) is 30.8 Å². The third-order valence-electron chi connectivity index (χ3n) is 5.04. The van der Waals surface area contributed by atoms with E-state index < -0.39 is 5.97 Å². The Labute approximate surface area is 161 Å². The molecule has 1 atom stereocenters. The summed E-state index contributed by atoms with van der Waals surface area (Å²) in [6.07, 6.45) is 2.03. The smallest absolute Gasteiger partial charge is 0.323 e. The number of aryl methyl sites for hydroxylation is 2. The van der Waals surface area contributed by atoms with Gasteiger partial charge in [0.1, 0.15) is 11.4 Å². The molecule has 3 heterocycles. The van der Waals surface area contributed by atoms with Gasteiger partial charge in [-0.2, -0.15) is 5.10 Å². The number of carbonyl (C=O) groups is 3. The van der Waals surface area contributed by atoms with Crippen LogP contribution in [0.3, 0.4) is 0 Å². The predicted molar refractivity (Wildman–Crippen MR) is 102 cm³/mol. The molecule has 0 aromatic carbocycles. The highest BCUT2D eigenvalue weighted by Crippen LogP contribution is 2.29. The van der Waals surface area contributed by atoms with Crippen molar-refractivity contribution in [1.29, 1.82) is 0 Å². The lowest BCUT2D eigenvalue weighted by Gasteiger charge is -2.28. The Morgan fingerprint density at radius 3 is 2.70 bits per heavy atom. The number of aromatic nitrogens is 2. The first-order valence-corrected chi connectivity index (χ1v) is 9.81. The van der Waals surface area contributed by atoms with E-state index in [1.165, 1.54) is 23.2 Å².